The molecule has 1 aromatic carbocycles. The molecule has 1 fully saturated rings. The van der Waals surface area contributed by atoms with E-state index >= 15 is 0 Å². The number of rotatable bonds is 4. The summed E-state index contributed by atoms with van der Waals surface area (Å²) in [5.41, 5.74) is 7.07. The second-order valence-electron chi connectivity index (χ2n) is 5.14. The Bertz CT molecular complexity index is 450. The van der Waals surface area contributed by atoms with Gasteiger partial charge in [-0.3, -0.25) is 4.79 Å². The van der Waals surface area contributed by atoms with Crippen LogP contribution in [0.5, 0.6) is 0 Å². The number of amides is 1. The number of likely N-dealkylation sites (tertiary alicyclic amines) is 1. The Balaban J connectivity index is 2.15. The third kappa shape index (κ3) is 3.28. The summed E-state index contributed by atoms with van der Waals surface area (Å²) in [4.78, 5) is 14.3. The molecule has 1 unspecified atom stereocenters. The molecular weight excluding hydrogens is 260 g/mol. The maximum absolute atomic E-state index is 12.4. The normalized spacial score (nSPS) is 20.6. The topological polar surface area (TPSA) is 46.3 Å². The molecule has 1 aliphatic heterocycles. The van der Waals surface area contributed by atoms with Crippen molar-refractivity contribution < 1.29 is 4.79 Å². The molecule has 0 radical (unpaired) electrons. The molecule has 2 N–H and O–H groups in total. The molecule has 2 atom stereocenters. The minimum Gasteiger partial charge on any atom is -0.334 e. The first kappa shape index (κ1) is 14.4. The molecule has 0 bridgehead atoms. The second kappa shape index (κ2) is 6.40. The fourth-order valence-corrected chi connectivity index (χ4v) is 2.94. The molecular formula is C15H21ClN2O. The molecule has 3 nitrogen and oxygen atoms in total. The maximum atomic E-state index is 12.4. The van der Waals surface area contributed by atoms with Crippen molar-refractivity contribution in [3.63, 3.8) is 0 Å². The molecule has 104 valence electrons. The fraction of sp³-hybridized carbons (Fsp3) is 0.533. The van der Waals surface area contributed by atoms with Crippen LogP contribution in [-0.2, 0) is 4.79 Å². The standard InChI is InChI=1S/C15H21ClN2O/c1-2-5-13(17)15(19)18-9-4-8-14(18)11-6-3-7-12(16)10-11/h3,6-7,10,13-14H,2,4-5,8-9,17H2,1H3/t13-,14?/m0/s1. The molecule has 2 rings (SSSR count). The lowest BCUT2D eigenvalue weighted by Crippen LogP contribution is -2.43. The summed E-state index contributed by atoms with van der Waals surface area (Å²) in [6.45, 7) is 2.85. The van der Waals surface area contributed by atoms with E-state index in [0.29, 0.717) is 0 Å². The van der Waals surface area contributed by atoms with Crippen LogP contribution in [0.1, 0.15) is 44.2 Å². The summed E-state index contributed by atoms with van der Waals surface area (Å²) < 4.78 is 0. The Morgan fingerprint density at radius 3 is 3.05 bits per heavy atom. The van der Waals surface area contributed by atoms with Gasteiger partial charge in [-0.2, -0.15) is 0 Å². The van der Waals surface area contributed by atoms with Crippen LogP contribution in [0.3, 0.4) is 0 Å². The van der Waals surface area contributed by atoms with Gasteiger partial charge in [0, 0.05) is 11.6 Å². The largest absolute Gasteiger partial charge is 0.334 e. The van der Waals surface area contributed by atoms with Crippen LogP contribution >= 0.6 is 11.6 Å². The fourth-order valence-electron chi connectivity index (χ4n) is 2.74. The summed E-state index contributed by atoms with van der Waals surface area (Å²) in [5, 5.41) is 0.717. The summed E-state index contributed by atoms with van der Waals surface area (Å²) in [6.07, 6.45) is 3.70. The first-order valence-electron chi connectivity index (χ1n) is 6.95. The highest BCUT2D eigenvalue weighted by Crippen LogP contribution is 2.33. The van der Waals surface area contributed by atoms with Crippen LogP contribution in [0.25, 0.3) is 0 Å². The number of benzene rings is 1. The SMILES string of the molecule is CCC[C@H](N)C(=O)N1CCCC1c1cccc(Cl)c1. The average molecular weight is 281 g/mol. The van der Waals surface area contributed by atoms with Gasteiger partial charge in [-0.15, -0.1) is 0 Å². The predicted octanol–water partition coefficient (Wildman–Crippen LogP) is 3.13. The van der Waals surface area contributed by atoms with E-state index in [2.05, 4.69) is 0 Å². The van der Waals surface area contributed by atoms with E-state index in [0.717, 1.165) is 42.8 Å². The molecule has 0 aliphatic carbocycles. The predicted molar refractivity (Wildman–Crippen MR) is 78.0 cm³/mol. The van der Waals surface area contributed by atoms with Crippen LogP contribution in [0.15, 0.2) is 24.3 Å². The van der Waals surface area contributed by atoms with Crippen molar-refractivity contribution in [2.75, 3.05) is 6.54 Å². The van der Waals surface area contributed by atoms with Gasteiger partial charge in [0.05, 0.1) is 12.1 Å². The number of hydrogen-bond donors (Lipinski definition) is 1. The zero-order chi connectivity index (χ0) is 13.8. The number of hydrogen-bond acceptors (Lipinski definition) is 2. The molecule has 0 spiro atoms. The first-order chi connectivity index (χ1) is 9.13. The smallest absolute Gasteiger partial charge is 0.239 e. The number of halogens is 1. The molecule has 19 heavy (non-hydrogen) atoms. The summed E-state index contributed by atoms with van der Waals surface area (Å²) >= 11 is 6.03. The van der Waals surface area contributed by atoms with Gasteiger partial charge in [-0.1, -0.05) is 37.1 Å². The summed E-state index contributed by atoms with van der Waals surface area (Å²) in [6, 6.07) is 7.54. The molecule has 1 heterocycles. The van der Waals surface area contributed by atoms with Crippen LogP contribution in [0.4, 0.5) is 0 Å². The minimum atomic E-state index is -0.371. The van der Waals surface area contributed by atoms with Gasteiger partial charge < -0.3 is 10.6 Å². The Morgan fingerprint density at radius 2 is 2.37 bits per heavy atom. The van der Waals surface area contributed by atoms with Gasteiger partial charge in [0.1, 0.15) is 0 Å². The van der Waals surface area contributed by atoms with Crippen LogP contribution in [0.2, 0.25) is 5.02 Å². The third-order valence-electron chi connectivity index (χ3n) is 3.69. The van der Waals surface area contributed by atoms with E-state index in [1.54, 1.807) is 0 Å². The lowest BCUT2D eigenvalue weighted by Gasteiger charge is -2.27. The number of carbonyl (C=O) groups is 1. The van der Waals surface area contributed by atoms with E-state index in [4.69, 9.17) is 17.3 Å². The summed E-state index contributed by atoms with van der Waals surface area (Å²) in [5.74, 6) is 0.0734. The van der Waals surface area contributed by atoms with Crippen LogP contribution in [0, 0.1) is 0 Å². The molecule has 1 saturated heterocycles. The lowest BCUT2D eigenvalue weighted by atomic mass is 10.0. The first-order valence-corrected chi connectivity index (χ1v) is 7.32. The van der Waals surface area contributed by atoms with Crippen LogP contribution < -0.4 is 5.73 Å². The van der Waals surface area contributed by atoms with Crippen molar-refractivity contribution in [2.24, 2.45) is 5.73 Å². The van der Waals surface area contributed by atoms with Gasteiger partial charge in [0.2, 0.25) is 5.91 Å². The van der Waals surface area contributed by atoms with Gasteiger partial charge in [-0.05, 0) is 37.0 Å². The van der Waals surface area contributed by atoms with E-state index < -0.39 is 0 Å². The van der Waals surface area contributed by atoms with E-state index in [1.165, 1.54) is 0 Å². The van der Waals surface area contributed by atoms with Crippen molar-refractivity contribution in [3.8, 4) is 0 Å². The van der Waals surface area contributed by atoms with Gasteiger partial charge in [-0.25, -0.2) is 0 Å². The highest BCUT2D eigenvalue weighted by molar-refractivity contribution is 6.30. The number of nitrogens with two attached hydrogens (primary N) is 1. The number of nitrogens with zero attached hydrogens (tertiary/aromatic N) is 1. The van der Waals surface area contributed by atoms with E-state index in [9.17, 15) is 4.79 Å². The molecule has 0 saturated carbocycles. The van der Waals surface area contributed by atoms with Crippen molar-refractivity contribution in [1.29, 1.82) is 0 Å². The van der Waals surface area contributed by atoms with Gasteiger partial charge in [0.15, 0.2) is 0 Å². The van der Waals surface area contributed by atoms with Crippen molar-refractivity contribution in [2.45, 2.75) is 44.7 Å². The summed E-state index contributed by atoms with van der Waals surface area (Å²) in [7, 11) is 0. The quantitative estimate of drug-likeness (QED) is 0.921. The zero-order valence-electron chi connectivity index (χ0n) is 11.3. The van der Waals surface area contributed by atoms with Crippen molar-refractivity contribution in [1.82, 2.24) is 4.90 Å². The highest BCUT2D eigenvalue weighted by Gasteiger charge is 2.32. The van der Waals surface area contributed by atoms with E-state index in [-0.39, 0.29) is 18.0 Å². The number of carbonyl (C=O) groups excluding carboxylic acids is 1. The van der Waals surface area contributed by atoms with Crippen molar-refractivity contribution in [3.05, 3.63) is 34.9 Å². The Labute approximate surface area is 119 Å². The Morgan fingerprint density at radius 1 is 1.58 bits per heavy atom. The monoisotopic (exact) mass is 280 g/mol. The van der Waals surface area contributed by atoms with E-state index in [1.807, 2.05) is 36.1 Å². The Kier molecular flexibility index (Phi) is 4.83. The lowest BCUT2D eigenvalue weighted by molar-refractivity contribution is -0.133. The van der Waals surface area contributed by atoms with Crippen LogP contribution in [-0.4, -0.2) is 23.4 Å². The maximum Gasteiger partial charge on any atom is 0.239 e. The zero-order valence-corrected chi connectivity index (χ0v) is 12.1. The second-order valence-corrected chi connectivity index (χ2v) is 5.58. The molecule has 0 aromatic heterocycles. The third-order valence-corrected chi connectivity index (χ3v) is 3.92. The van der Waals surface area contributed by atoms with Gasteiger partial charge >= 0.3 is 0 Å². The Hall–Kier alpha value is -1.06. The minimum absolute atomic E-state index is 0.0734. The van der Waals surface area contributed by atoms with Crippen molar-refractivity contribution >= 4 is 17.5 Å². The average Bonchev–Trinajstić information content (AvgIpc) is 2.87. The molecule has 4 heteroatoms. The molecule has 1 amide bonds. The molecule has 1 aliphatic rings. The van der Waals surface area contributed by atoms with Gasteiger partial charge in [0.25, 0.3) is 0 Å². The highest BCUT2D eigenvalue weighted by atomic mass is 35.5. The molecule has 1 aromatic rings.